The molecule has 0 spiro atoms. The van der Waals surface area contributed by atoms with Crippen LogP contribution in [0.1, 0.15) is 5.82 Å². The van der Waals surface area contributed by atoms with Crippen LogP contribution in [-0.4, -0.2) is 51.7 Å². The van der Waals surface area contributed by atoms with E-state index in [0.29, 0.717) is 5.95 Å². The van der Waals surface area contributed by atoms with E-state index in [0.717, 1.165) is 0 Å². The van der Waals surface area contributed by atoms with Gasteiger partial charge in [-0.05, 0) is 18.2 Å². The third kappa shape index (κ3) is 4.68. The fraction of sp³-hybridized carbons (Fsp3) is 0.357. The molecular formula is C14H18ClN5O4S. The number of ether oxygens (including phenoxy) is 2. The number of methoxy groups -OCH3 is 2. The third-order valence-corrected chi connectivity index (χ3v) is 4.73. The van der Waals surface area contributed by atoms with Gasteiger partial charge >= 0.3 is 6.01 Å². The number of benzene rings is 1. The summed E-state index contributed by atoms with van der Waals surface area (Å²) >= 11 is 5.89. The van der Waals surface area contributed by atoms with Gasteiger partial charge in [0.2, 0.25) is 16.0 Å². The van der Waals surface area contributed by atoms with Crippen LogP contribution in [-0.2, 0) is 16.6 Å². The zero-order chi connectivity index (χ0) is 18.6. The van der Waals surface area contributed by atoms with Gasteiger partial charge in [0, 0.05) is 19.1 Å². The monoisotopic (exact) mass is 387 g/mol. The van der Waals surface area contributed by atoms with E-state index < -0.39 is 10.0 Å². The average Bonchev–Trinajstić information content (AvgIpc) is 2.59. The largest absolute Gasteiger partial charge is 0.495 e. The lowest BCUT2D eigenvalue weighted by Crippen LogP contribution is -2.26. The van der Waals surface area contributed by atoms with Crippen LogP contribution in [0.2, 0.25) is 5.02 Å². The SMILES string of the molecule is COc1nc(CNS(=O)(=O)c2cc(Cl)ccc2OC)nc(N(C)C)n1. The second-order valence-corrected chi connectivity index (χ2v) is 7.22. The van der Waals surface area contributed by atoms with Gasteiger partial charge in [-0.2, -0.15) is 15.0 Å². The zero-order valence-corrected chi connectivity index (χ0v) is 15.7. The lowest BCUT2D eigenvalue weighted by molar-refractivity contribution is 0.375. The molecule has 0 atom stereocenters. The number of hydrogen-bond acceptors (Lipinski definition) is 8. The van der Waals surface area contributed by atoms with Crippen molar-refractivity contribution < 1.29 is 17.9 Å². The maximum Gasteiger partial charge on any atom is 0.321 e. The van der Waals surface area contributed by atoms with Crippen molar-refractivity contribution in [3.8, 4) is 11.8 Å². The molecular weight excluding hydrogens is 370 g/mol. The molecule has 1 aromatic carbocycles. The minimum atomic E-state index is -3.89. The van der Waals surface area contributed by atoms with Crippen LogP contribution in [0.15, 0.2) is 23.1 Å². The summed E-state index contributed by atoms with van der Waals surface area (Å²) in [5.41, 5.74) is 0. The molecule has 0 unspecified atom stereocenters. The number of nitrogens with one attached hydrogen (secondary N) is 1. The Hall–Kier alpha value is -2.17. The van der Waals surface area contributed by atoms with Crippen LogP contribution < -0.4 is 19.1 Å². The third-order valence-electron chi connectivity index (χ3n) is 3.07. The van der Waals surface area contributed by atoms with E-state index >= 15 is 0 Å². The molecule has 1 N–H and O–H groups in total. The lowest BCUT2D eigenvalue weighted by Gasteiger charge is -2.13. The summed E-state index contributed by atoms with van der Waals surface area (Å²) in [6.45, 7) is -0.155. The second-order valence-electron chi connectivity index (χ2n) is 5.05. The number of anilines is 1. The normalized spacial score (nSPS) is 11.2. The second kappa shape index (κ2) is 7.81. The van der Waals surface area contributed by atoms with Crippen molar-refractivity contribution in [3.63, 3.8) is 0 Å². The van der Waals surface area contributed by atoms with Crippen LogP contribution in [0, 0.1) is 0 Å². The Balaban J connectivity index is 2.29. The van der Waals surface area contributed by atoms with Crippen LogP contribution in [0.5, 0.6) is 11.8 Å². The summed E-state index contributed by atoms with van der Waals surface area (Å²) in [7, 11) is 2.40. The van der Waals surface area contributed by atoms with E-state index in [1.165, 1.54) is 26.4 Å². The zero-order valence-electron chi connectivity index (χ0n) is 14.1. The first kappa shape index (κ1) is 19.2. The quantitative estimate of drug-likeness (QED) is 0.752. The van der Waals surface area contributed by atoms with Crippen molar-refractivity contribution in [1.82, 2.24) is 19.7 Å². The first-order chi connectivity index (χ1) is 11.8. The molecule has 11 heteroatoms. The molecule has 1 aromatic heterocycles. The Morgan fingerprint density at radius 2 is 1.88 bits per heavy atom. The smallest absolute Gasteiger partial charge is 0.321 e. The highest BCUT2D eigenvalue weighted by Crippen LogP contribution is 2.27. The fourth-order valence-corrected chi connectivity index (χ4v) is 3.26. The number of rotatable bonds is 7. The molecule has 0 fully saturated rings. The number of halogens is 1. The van der Waals surface area contributed by atoms with Gasteiger partial charge in [0.05, 0.1) is 20.8 Å². The van der Waals surface area contributed by atoms with Crippen molar-refractivity contribution in [2.24, 2.45) is 0 Å². The number of aromatic nitrogens is 3. The van der Waals surface area contributed by atoms with Crippen LogP contribution in [0.4, 0.5) is 5.95 Å². The maximum absolute atomic E-state index is 12.5. The molecule has 0 aliphatic carbocycles. The fourth-order valence-electron chi connectivity index (χ4n) is 1.85. The van der Waals surface area contributed by atoms with Gasteiger partial charge in [-0.1, -0.05) is 11.6 Å². The Labute approximate surface area is 151 Å². The molecule has 0 radical (unpaired) electrons. The van der Waals surface area contributed by atoms with Crippen molar-refractivity contribution in [2.45, 2.75) is 11.4 Å². The molecule has 2 rings (SSSR count). The van der Waals surface area contributed by atoms with Crippen molar-refractivity contribution in [1.29, 1.82) is 0 Å². The summed E-state index contributed by atoms with van der Waals surface area (Å²) in [6, 6.07) is 4.42. The Kier molecular flexibility index (Phi) is 5.98. The highest BCUT2D eigenvalue weighted by atomic mass is 35.5. The van der Waals surface area contributed by atoms with Gasteiger partial charge in [-0.15, -0.1) is 0 Å². The van der Waals surface area contributed by atoms with Gasteiger partial charge in [0.25, 0.3) is 0 Å². The van der Waals surface area contributed by atoms with Crippen LogP contribution in [0.25, 0.3) is 0 Å². The first-order valence-corrected chi connectivity index (χ1v) is 8.92. The predicted octanol–water partition coefficient (Wildman–Crippen LogP) is 1.09. The Morgan fingerprint density at radius 3 is 2.48 bits per heavy atom. The summed E-state index contributed by atoms with van der Waals surface area (Å²) in [4.78, 5) is 13.9. The predicted molar refractivity (Wildman–Crippen MR) is 92.7 cm³/mol. The number of sulfonamides is 1. The highest BCUT2D eigenvalue weighted by molar-refractivity contribution is 7.89. The van der Waals surface area contributed by atoms with Gasteiger partial charge < -0.3 is 14.4 Å². The summed E-state index contributed by atoms with van der Waals surface area (Å²) in [5.74, 6) is 0.737. The molecule has 136 valence electrons. The van der Waals surface area contributed by atoms with Gasteiger partial charge in [0.1, 0.15) is 10.6 Å². The van der Waals surface area contributed by atoms with Crippen LogP contribution >= 0.6 is 11.6 Å². The van der Waals surface area contributed by atoms with E-state index in [1.807, 2.05) is 0 Å². The average molecular weight is 388 g/mol. The number of hydrogen-bond donors (Lipinski definition) is 1. The van der Waals surface area contributed by atoms with E-state index in [9.17, 15) is 8.42 Å². The molecule has 0 aliphatic rings. The minimum Gasteiger partial charge on any atom is -0.495 e. The van der Waals surface area contributed by atoms with Crippen LogP contribution in [0.3, 0.4) is 0 Å². The molecule has 0 saturated heterocycles. The Bertz CT molecular complexity index is 860. The molecule has 25 heavy (non-hydrogen) atoms. The first-order valence-electron chi connectivity index (χ1n) is 7.06. The van der Waals surface area contributed by atoms with Gasteiger partial charge in [-0.25, -0.2) is 13.1 Å². The van der Waals surface area contributed by atoms with E-state index in [-0.39, 0.29) is 34.0 Å². The molecule has 2 aromatic rings. The van der Waals surface area contributed by atoms with Gasteiger partial charge in [0.15, 0.2) is 5.82 Å². The molecule has 0 aliphatic heterocycles. The molecule has 0 bridgehead atoms. The topological polar surface area (TPSA) is 107 Å². The summed E-state index contributed by atoms with van der Waals surface area (Å²) < 4.78 is 37.6. The minimum absolute atomic E-state index is 0.0728. The van der Waals surface area contributed by atoms with E-state index in [1.54, 1.807) is 25.1 Å². The van der Waals surface area contributed by atoms with Crippen molar-refractivity contribution >= 4 is 27.6 Å². The highest BCUT2D eigenvalue weighted by Gasteiger charge is 2.21. The standard InChI is InChI=1S/C14H18ClN5O4S/c1-20(2)13-17-12(18-14(19-13)24-4)8-16-25(21,22)11-7-9(15)5-6-10(11)23-3/h5-7,16H,8H2,1-4H3. The number of nitrogens with zero attached hydrogens (tertiary/aromatic N) is 4. The molecule has 9 nitrogen and oxygen atoms in total. The molecule has 0 saturated carbocycles. The van der Waals surface area contributed by atoms with Crippen molar-refractivity contribution in [2.75, 3.05) is 33.2 Å². The van der Waals surface area contributed by atoms with Gasteiger partial charge in [-0.3, -0.25) is 0 Å². The lowest BCUT2D eigenvalue weighted by atomic mass is 10.3. The summed E-state index contributed by atoms with van der Waals surface area (Å²) in [5, 5.41) is 0.276. The Morgan fingerprint density at radius 1 is 1.16 bits per heavy atom. The summed E-state index contributed by atoms with van der Waals surface area (Å²) in [6.07, 6.45) is 0. The molecule has 0 amide bonds. The molecule has 1 heterocycles. The van der Waals surface area contributed by atoms with E-state index in [2.05, 4.69) is 19.7 Å². The maximum atomic E-state index is 12.5. The van der Waals surface area contributed by atoms with E-state index in [4.69, 9.17) is 21.1 Å². The van der Waals surface area contributed by atoms with Crippen molar-refractivity contribution in [3.05, 3.63) is 29.0 Å².